The molecule has 2 aromatic heterocycles. The van der Waals surface area contributed by atoms with Crippen LogP contribution in [0, 0.1) is 5.82 Å². The minimum atomic E-state index is -0.410. The predicted octanol–water partition coefficient (Wildman–Crippen LogP) is 3.34. The van der Waals surface area contributed by atoms with E-state index in [1.807, 2.05) is 29.0 Å². The number of hydrogen-bond donors (Lipinski definition) is 1. The van der Waals surface area contributed by atoms with Gasteiger partial charge < -0.3 is 10.3 Å². The van der Waals surface area contributed by atoms with Crippen molar-refractivity contribution in [1.29, 1.82) is 0 Å². The highest BCUT2D eigenvalue weighted by atomic mass is 35.5. The average molecular weight is 290 g/mol. The van der Waals surface area contributed by atoms with Crippen LogP contribution in [0.25, 0.3) is 11.0 Å². The summed E-state index contributed by atoms with van der Waals surface area (Å²) in [6.45, 7) is 0.899. The van der Waals surface area contributed by atoms with E-state index in [0.29, 0.717) is 13.1 Å². The van der Waals surface area contributed by atoms with Crippen LogP contribution in [0.5, 0.6) is 0 Å². The Morgan fingerprint density at radius 2 is 2.05 bits per heavy atom. The minimum Gasteiger partial charge on any atom is -0.328 e. The number of rotatable bonds is 3. The summed E-state index contributed by atoms with van der Waals surface area (Å²) in [5, 5.41) is 1.17. The number of nitrogens with two attached hydrogens (primary N) is 1. The second kappa shape index (κ2) is 5.23. The molecular formula is C15H13ClFN3. The number of benzene rings is 1. The van der Waals surface area contributed by atoms with Gasteiger partial charge in [-0.2, -0.15) is 0 Å². The van der Waals surface area contributed by atoms with Crippen molar-refractivity contribution < 1.29 is 4.39 Å². The summed E-state index contributed by atoms with van der Waals surface area (Å²) in [4.78, 5) is 4.37. The van der Waals surface area contributed by atoms with Gasteiger partial charge in [-0.15, -0.1) is 0 Å². The van der Waals surface area contributed by atoms with E-state index in [0.717, 1.165) is 22.2 Å². The van der Waals surface area contributed by atoms with Crippen LogP contribution in [0.1, 0.15) is 11.1 Å². The molecule has 3 nitrogen and oxygen atoms in total. The number of halogens is 2. The summed E-state index contributed by atoms with van der Waals surface area (Å²) >= 11 is 6.00. The average Bonchev–Trinajstić information content (AvgIpc) is 2.82. The lowest BCUT2D eigenvalue weighted by Crippen LogP contribution is -2.01. The normalized spacial score (nSPS) is 11.2. The molecule has 0 fully saturated rings. The van der Waals surface area contributed by atoms with E-state index in [9.17, 15) is 4.39 Å². The minimum absolute atomic E-state index is 0.152. The van der Waals surface area contributed by atoms with E-state index >= 15 is 0 Å². The van der Waals surface area contributed by atoms with Gasteiger partial charge in [0.25, 0.3) is 0 Å². The molecular weight excluding hydrogens is 277 g/mol. The molecule has 3 rings (SSSR count). The van der Waals surface area contributed by atoms with Gasteiger partial charge >= 0.3 is 0 Å². The van der Waals surface area contributed by atoms with Gasteiger partial charge in [0, 0.05) is 24.3 Å². The summed E-state index contributed by atoms with van der Waals surface area (Å²) in [7, 11) is 0. The first-order chi connectivity index (χ1) is 9.70. The lowest BCUT2D eigenvalue weighted by atomic mass is 10.2. The third-order valence-corrected chi connectivity index (χ3v) is 3.73. The van der Waals surface area contributed by atoms with Crippen LogP contribution >= 0.6 is 11.6 Å². The van der Waals surface area contributed by atoms with Gasteiger partial charge in [-0.05, 0) is 29.3 Å². The van der Waals surface area contributed by atoms with Crippen molar-refractivity contribution in [2.45, 2.75) is 13.1 Å². The van der Waals surface area contributed by atoms with Crippen LogP contribution in [0.15, 0.2) is 42.7 Å². The molecule has 0 saturated heterocycles. The number of fused-ring (bicyclic) bond motifs is 1. The molecule has 0 saturated carbocycles. The lowest BCUT2D eigenvalue weighted by molar-refractivity contribution is 0.624. The van der Waals surface area contributed by atoms with Crippen molar-refractivity contribution in [3.05, 3.63) is 64.7 Å². The van der Waals surface area contributed by atoms with E-state index in [4.69, 9.17) is 17.3 Å². The molecule has 1 aromatic carbocycles. The van der Waals surface area contributed by atoms with Crippen molar-refractivity contribution in [1.82, 2.24) is 9.55 Å². The molecule has 0 aliphatic rings. The number of hydrogen-bond acceptors (Lipinski definition) is 2. The van der Waals surface area contributed by atoms with Crippen molar-refractivity contribution in [3.8, 4) is 0 Å². The second-order valence-electron chi connectivity index (χ2n) is 4.57. The summed E-state index contributed by atoms with van der Waals surface area (Å²) in [6, 6.07) is 8.67. The largest absolute Gasteiger partial charge is 0.328 e. The Bertz CT molecular complexity index is 767. The maximum Gasteiger partial charge on any atom is 0.142 e. The highest BCUT2D eigenvalue weighted by molar-refractivity contribution is 6.31. The summed E-state index contributed by atoms with van der Waals surface area (Å²) < 4.78 is 15.4. The number of nitrogens with zero attached hydrogens (tertiary/aromatic N) is 2. The van der Waals surface area contributed by atoms with E-state index in [1.165, 1.54) is 6.07 Å². The van der Waals surface area contributed by atoms with Crippen LogP contribution in [-0.2, 0) is 13.1 Å². The quantitative estimate of drug-likeness (QED) is 0.804. The SMILES string of the molecule is NCc1cn(Cc2cccc(F)c2Cl)c2ncccc12. The number of aromatic nitrogens is 2. The van der Waals surface area contributed by atoms with Gasteiger partial charge in [-0.3, -0.25) is 0 Å². The van der Waals surface area contributed by atoms with Crippen LogP contribution in [-0.4, -0.2) is 9.55 Å². The maximum atomic E-state index is 13.5. The third kappa shape index (κ3) is 2.17. The van der Waals surface area contributed by atoms with E-state index < -0.39 is 5.82 Å². The highest BCUT2D eigenvalue weighted by Gasteiger charge is 2.11. The van der Waals surface area contributed by atoms with Crippen molar-refractivity contribution in [2.24, 2.45) is 5.73 Å². The summed E-state index contributed by atoms with van der Waals surface area (Å²) in [5.41, 5.74) is 8.31. The molecule has 2 N–H and O–H groups in total. The van der Waals surface area contributed by atoms with Crippen LogP contribution in [0.4, 0.5) is 4.39 Å². The zero-order valence-corrected chi connectivity index (χ0v) is 11.4. The van der Waals surface area contributed by atoms with Gasteiger partial charge in [-0.1, -0.05) is 23.7 Å². The zero-order valence-electron chi connectivity index (χ0n) is 10.7. The maximum absolute atomic E-state index is 13.5. The fraction of sp³-hybridized carbons (Fsp3) is 0.133. The molecule has 0 atom stereocenters. The van der Waals surface area contributed by atoms with Gasteiger partial charge in [0.05, 0.1) is 11.6 Å². The topological polar surface area (TPSA) is 43.8 Å². The Balaban J connectivity index is 2.09. The molecule has 0 unspecified atom stereocenters. The van der Waals surface area contributed by atoms with Gasteiger partial charge in [0.1, 0.15) is 11.5 Å². The third-order valence-electron chi connectivity index (χ3n) is 3.31. The van der Waals surface area contributed by atoms with Crippen molar-refractivity contribution in [2.75, 3.05) is 0 Å². The molecule has 102 valence electrons. The van der Waals surface area contributed by atoms with Gasteiger partial charge in [0.2, 0.25) is 0 Å². The molecule has 0 radical (unpaired) electrons. The smallest absolute Gasteiger partial charge is 0.142 e. The van der Waals surface area contributed by atoms with E-state index in [2.05, 4.69) is 4.98 Å². The van der Waals surface area contributed by atoms with Crippen molar-refractivity contribution >= 4 is 22.6 Å². The van der Waals surface area contributed by atoms with Gasteiger partial charge in [-0.25, -0.2) is 9.37 Å². The van der Waals surface area contributed by atoms with Gasteiger partial charge in [0.15, 0.2) is 0 Å². The highest BCUT2D eigenvalue weighted by Crippen LogP contribution is 2.24. The van der Waals surface area contributed by atoms with Crippen LogP contribution in [0.2, 0.25) is 5.02 Å². The Morgan fingerprint density at radius 3 is 2.85 bits per heavy atom. The Kier molecular flexibility index (Phi) is 3.42. The van der Waals surface area contributed by atoms with E-state index in [1.54, 1.807) is 12.3 Å². The Morgan fingerprint density at radius 1 is 1.20 bits per heavy atom. The van der Waals surface area contributed by atoms with Crippen molar-refractivity contribution in [3.63, 3.8) is 0 Å². The fourth-order valence-corrected chi connectivity index (χ4v) is 2.52. The first kappa shape index (κ1) is 13.1. The van der Waals surface area contributed by atoms with E-state index in [-0.39, 0.29) is 5.02 Å². The summed E-state index contributed by atoms with van der Waals surface area (Å²) in [5.74, 6) is -0.410. The first-order valence-corrected chi connectivity index (χ1v) is 6.64. The molecule has 0 aliphatic heterocycles. The Hall–Kier alpha value is -1.91. The number of pyridine rings is 1. The Labute approximate surface area is 120 Å². The monoisotopic (exact) mass is 289 g/mol. The second-order valence-corrected chi connectivity index (χ2v) is 4.95. The zero-order chi connectivity index (χ0) is 14.1. The summed E-state index contributed by atoms with van der Waals surface area (Å²) in [6.07, 6.45) is 3.67. The molecule has 0 spiro atoms. The molecule has 3 aromatic rings. The standard InChI is InChI=1S/C15H13ClFN3/c16-14-10(3-1-5-13(14)17)8-20-9-11(7-18)12-4-2-6-19-15(12)20/h1-6,9H,7-8,18H2. The van der Waals surface area contributed by atoms with Crippen LogP contribution in [0.3, 0.4) is 0 Å². The molecule has 0 bridgehead atoms. The molecule has 5 heteroatoms. The predicted molar refractivity (Wildman–Crippen MR) is 78.1 cm³/mol. The molecule has 0 aliphatic carbocycles. The molecule has 0 amide bonds. The lowest BCUT2D eigenvalue weighted by Gasteiger charge is -2.07. The first-order valence-electron chi connectivity index (χ1n) is 6.26. The van der Waals surface area contributed by atoms with Crippen LogP contribution < -0.4 is 5.73 Å². The molecule has 2 heterocycles. The molecule has 20 heavy (non-hydrogen) atoms. The fourth-order valence-electron chi connectivity index (χ4n) is 2.33.